The Balaban J connectivity index is 1.39. The second kappa shape index (κ2) is 19.6. The molecular weight excluding hydrogens is 609 g/mol. The molecule has 4 aromatic carbocycles. The fourth-order valence-electron chi connectivity index (χ4n) is 4.65. The largest absolute Gasteiger partial charge is 0.437 e. The van der Waals surface area contributed by atoms with E-state index in [-0.39, 0.29) is 0 Å². The zero-order valence-electron chi connectivity index (χ0n) is 27.0. The molecule has 0 saturated carbocycles. The highest BCUT2D eigenvalue weighted by atomic mass is 32.2. The van der Waals surface area contributed by atoms with Gasteiger partial charge in [-0.15, -0.1) is 0 Å². The highest BCUT2D eigenvalue weighted by Crippen LogP contribution is 2.29. The van der Waals surface area contributed by atoms with Gasteiger partial charge >= 0.3 is 12.2 Å². The van der Waals surface area contributed by atoms with Crippen LogP contribution in [0.4, 0.5) is 21.0 Å². The predicted octanol–water partition coefficient (Wildman–Crippen LogP) is 10.9. The van der Waals surface area contributed by atoms with Crippen LogP contribution in [0, 0.1) is 0 Å². The minimum atomic E-state index is -0.625. The first kappa shape index (κ1) is 35.0. The Morgan fingerprint density at radius 3 is 1.30 bits per heavy atom. The number of unbranched alkanes of at least 4 members (excludes halogenated alkanes) is 4. The van der Waals surface area contributed by atoms with Crippen molar-refractivity contribution in [2.24, 2.45) is 10.3 Å². The van der Waals surface area contributed by atoms with E-state index < -0.39 is 12.2 Å². The first-order chi connectivity index (χ1) is 23.0. The maximum Gasteiger partial charge on any atom is 0.437 e. The number of hydrogen-bond acceptors (Lipinski definition) is 7. The summed E-state index contributed by atoms with van der Waals surface area (Å²) in [6.45, 7) is 4.30. The van der Waals surface area contributed by atoms with Gasteiger partial charge in [-0.3, -0.25) is 20.3 Å². The first-order valence-electron chi connectivity index (χ1n) is 16.1. The summed E-state index contributed by atoms with van der Waals surface area (Å²) in [5, 5.41) is 13.8. The summed E-state index contributed by atoms with van der Waals surface area (Å²) in [4.78, 5) is 37.2. The van der Waals surface area contributed by atoms with Crippen molar-refractivity contribution in [1.29, 1.82) is 0 Å². The molecule has 0 bridgehead atoms. The molecule has 0 aromatic heterocycles. The predicted molar refractivity (Wildman–Crippen MR) is 191 cm³/mol. The van der Waals surface area contributed by atoms with Crippen molar-refractivity contribution in [2.45, 2.75) is 75.0 Å². The number of carbonyl (C=O) groups excluding carboxylic acids is 2. The number of hydrogen-bond donors (Lipinski definition) is 2. The van der Waals surface area contributed by atoms with Gasteiger partial charge in [-0.05, 0) is 85.3 Å². The van der Waals surface area contributed by atoms with Crippen molar-refractivity contribution < 1.29 is 19.3 Å². The third-order valence-corrected chi connectivity index (χ3v) is 8.18. The summed E-state index contributed by atoms with van der Waals surface area (Å²) in [5.74, 6) is 0. The molecule has 47 heavy (non-hydrogen) atoms. The average molecular weight is 651 g/mol. The lowest BCUT2D eigenvalue weighted by atomic mass is 10.0. The van der Waals surface area contributed by atoms with E-state index in [4.69, 9.17) is 9.68 Å². The summed E-state index contributed by atoms with van der Waals surface area (Å²) in [6, 6.07) is 34.5. The molecule has 8 nitrogen and oxygen atoms in total. The third-order valence-electron chi connectivity index (χ3n) is 7.16. The van der Waals surface area contributed by atoms with Crippen LogP contribution in [0.25, 0.3) is 0 Å². The molecule has 244 valence electrons. The molecule has 0 radical (unpaired) electrons. The van der Waals surface area contributed by atoms with Crippen LogP contribution in [0.15, 0.2) is 129 Å². The standard InChI is InChI=1S/C38H42N4O4S/c1-3-5-9-19-35(41-45-37(43)39-31-15-11-7-12-16-31)29-21-25-33(26-22-29)47-34-27-23-30(24-28-34)36(20-10-6-4-2)42-46-38(44)40-32-17-13-8-14-18-32/h7-8,11-18,21-28H,3-6,9-10,19-20H2,1-2H3,(H,39,43)(H,40,44)/b41-35-,42-36-. The average Bonchev–Trinajstić information content (AvgIpc) is 3.09. The van der Waals surface area contributed by atoms with E-state index in [1.165, 1.54) is 0 Å². The Morgan fingerprint density at radius 2 is 0.936 bits per heavy atom. The van der Waals surface area contributed by atoms with Gasteiger partial charge < -0.3 is 0 Å². The zero-order valence-corrected chi connectivity index (χ0v) is 27.8. The van der Waals surface area contributed by atoms with Crippen LogP contribution in [0.3, 0.4) is 0 Å². The Labute approximate surface area is 281 Å². The minimum Gasteiger partial charge on any atom is -0.297 e. The fourth-order valence-corrected chi connectivity index (χ4v) is 5.47. The fraction of sp³-hybridized carbons (Fsp3) is 0.263. The monoisotopic (exact) mass is 650 g/mol. The molecule has 0 unspecified atom stereocenters. The van der Waals surface area contributed by atoms with Crippen molar-refractivity contribution in [3.63, 3.8) is 0 Å². The van der Waals surface area contributed by atoms with Gasteiger partial charge in [0, 0.05) is 21.2 Å². The van der Waals surface area contributed by atoms with E-state index in [9.17, 15) is 9.59 Å². The van der Waals surface area contributed by atoms with Crippen molar-refractivity contribution in [2.75, 3.05) is 10.6 Å². The Kier molecular flexibility index (Phi) is 14.6. The van der Waals surface area contributed by atoms with Crippen LogP contribution in [-0.4, -0.2) is 23.6 Å². The smallest absolute Gasteiger partial charge is 0.297 e. The zero-order chi connectivity index (χ0) is 33.1. The highest BCUT2D eigenvalue weighted by Gasteiger charge is 2.11. The molecular formula is C38H42N4O4S. The summed E-state index contributed by atoms with van der Waals surface area (Å²) >= 11 is 1.64. The molecule has 2 amide bonds. The van der Waals surface area contributed by atoms with Crippen molar-refractivity contribution >= 4 is 46.7 Å². The number of rotatable bonds is 16. The van der Waals surface area contributed by atoms with Gasteiger partial charge in [-0.2, -0.15) is 0 Å². The van der Waals surface area contributed by atoms with E-state index in [2.05, 4.69) is 34.8 Å². The summed E-state index contributed by atoms with van der Waals surface area (Å²) in [5.41, 5.74) is 4.59. The number of carbonyl (C=O) groups is 2. The lowest BCUT2D eigenvalue weighted by molar-refractivity contribution is 0.165. The molecule has 0 aliphatic rings. The number of nitrogens with one attached hydrogen (secondary N) is 2. The number of oxime groups is 2. The molecule has 4 rings (SSSR count). The normalized spacial score (nSPS) is 11.5. The molecule has 0 heterocycles. The maximum atomic E-state index is 12.3. The van der Waals surface area contributed by atoms with E-state index in [1.54, 1.807) is 36.0 Å². The van der Waals surface area contributed by atoms with Crippen LogP contribution in [0.2, 0.25) is 0 Å². The Bertz CT molecular complexity index is 1470. The first-order valence-corrected chi connectivity index (χ1v) is 16.9. The third kappa shape index (κ3) is 12.4. The van der Waals surface area contributed by atoms with Gasteiger partial charge in [0.05, 0.1) is 11.4 Å². The molecule has 9 heteroatoms. The topological polar surface area (TPSA) is 101 Å². The molecule has 4 aromatic rings. The number of nitrogens with zero attached hydrogens (tertiary/aromatic N) is 2. The second-order valence-corrected chi connectivity index (χ2v) is 12.0. The number of anilines is 2. The molecule has 2 N–H and O–H groups in total. The molecule has 0 spiro atoms. The molecule has 0 saturated heterocycles. The maximum absolute atomic E-state index is 12.3. The quantitative estimate of drug-likeness (QED) is 0.0544. The van der Waals surface area contributed by atoms with Crippen LogP contribution >= 0.6 is 11.8 Å². The summed E-state index contributed by atoms with van der Waals surface area (Å²) in [6.07, 6.45) is 6.37. The van der Waals surface area contributed by atoms with E-state index in [0.717, 1.165) is 70.9 Å². The van der Waals surface area contributed by atoms with Crippen LogP contribution < -0.4 is 10.6 Å². The van der Waals surface area contributed by atoms with Crippen molar-refractivity contribution in [3.05, 3.63) is 120 Å². The molecule has 0 aliphatic carbocycles. The minimum absolute atomic E-state index is 0.625. The Morgan fingerprint density at radius 1 is 0.553 bits per heavy atom. The lowest BCUT2D eigenvalue weighted by Crippen LogP contribution is -2.12. The molecule has 0 atom stereocenters. The van der Waals surface area contributed by atoms with Crippen LogP contribution in [0.5, 0.6) is 0 Å². The van der Waals surface area contributed by atoms with Crippen LogP contribution in [0.1, 0.15) is 76.3 Å². The van der Waals surface area contributed by atoms with Gasteiger partial charge in [0.2, 0.25) is 0 Å². The van der Waals surface area contributed by atoms with E-state index in [0.29, 0.717) is 24.2 Å². The number of para-hydroxylation sites is 2. The van der Waals surface area contributed by atoms with Gasteiger partial charge in [0.25, 0.3) is 0 Å². The number of amides is 2. The van der Waals surface area contributed by atoms with Crippen LogP contribution in [-0.2, 0) is 9.68 Å². The molecule has 0 aliphatic heterocycles. The van der Waals surface area contributed by atoms with Gasteiger partial charge in [0.1, 0.15) is 0 Å². The number of benzene rings is 4. The van der Waals surface area contributed by atoms with Gasteiger partial charge in [-0.25, -0.2) is 9.59 Å². The SMILES string of the molecule is CCCCC/C(=N/OC(=O)Nc1ccccc1)c1ccc(Sc2ccc(/C(CCCCC)=N\OC(=O)Nc3ccccc3)cc2)cc1. The second-order valence-electron chi connectivity index (χ2n) is 10.9. The van der Waals surface area contributed by atoms with Gasteiger partial charge in [-0.1, -0.05) is 122 Å². The van der Waals surface area contributed by atoms with E-state index in [1.807, 2.05) is 84.9 Å². The van der Waals surface area contributed by atoms with E-state index >= 15 is 0 Å². The van der Waals surface area contributed by atoms with Gasteiger partial charge in [0.15, 0.2) is 0 Å². The summed E-state index contributed by atoms with van der Waals surface area (Å²) < 4.78 is 0. The summed E-state index contributed by atoms with van der Waals surface area (Å²) in [7, 11) is 0. The molecule has 0 fully saturated rings. The Hall–Kier alpha value is -4.89. The van der Waals surface area contributed by atoms with Crippen molar-refractivity contribution in [3.8, 4) is 0 Å². The highest BCUT2D eigenvalue weighted by molar-refractivity contribution is 7.99. The lowest BCUT2D eigenvalue weighted by Gasteiger charge is -2.10. The van der Waals surface area contributed by atoms with Crippen molar-refractivity contribution in [1.82, 2.24) is 0 Å².